The lowest BCUT2D eigenvalue weighted by molar-refractivity contribution is -0.117. The Balaban J connectivity index is 1.63. The number of ether oxygens (including phenoxy) is 2. The molecule has 7 nitrogen and oxygen atoms in total. The minimum absolute atomic E-state index is 0.103. The van der Waals surface area contributed by atoms with Crippen molar-refractivity contribution < 1.29 is 23.5 Å². The largest absolute Gasteiger partial charge is 0.493 e. The summed E-state index contributed by atoms with van der Waals surface area (Å²) in [6.07, 6.45) is 0.237. The van der Waals surface area contributed by atoms with Crippen molar-refractivity contribution in [1.29, 1.82) is 0 Å². The van der Waals surface area contributed by atoms with Crippen molar-refractivity contribution in [3.63, 3.8) is 0 Å². The third-order valence-electron chi connectivity index (χ3n) is 5.51. The number of halogens is 1. The summed E-state index contributed by atoms with van der Waals surface area (Å²) in [6, 6.07) is 15.9. The second-order valence-corrected chi connectivity index (χ2v) is 7.53. The zero-order valence-electron chi connectivity index (χ0n) is 17.7. The van der Waals surface area contributed by atoms with Crippen LogP contribution in [0.1, 0.15) is 28.3 Å². The van der Waals surface area contributed by atoms with Gasteiger partial charge < -0.3 is 20.1 Å². The van der Waals surface area contributed by atoms with Gasteiger partial charge in [0.25, 0.3) is 0 Å². The second-order valence-electron chi connectivity index (χ2n) is 7.53. The van der Waals surface area contributed by atoms with Crippen molar-refractivity contribution in [2.24, 2.45) is 5.73 Å². The van der Waals surface area contributed by atoms with E-state index < -0.39 is 11.7 Å². The van der Waals surface area contributed by atoms with Gasteiger partial charge in [0, 0.05) is 30.1 Å². The maximum Gasteiger partial charge on any atom is 0.248 e. The predicted molar refractivity (Wildman–Crippen MR) is 120 cm³/mol. The molecule has 0 unspecified atom stereocenters. The number of nitrogens with two attached hydrogens (primary N) is 1. The molecule has 33 heavy (non-hydrogen) atoms. The molecule has 0 saturated carbocycles. The third kappa shape index (κ3) is 4.34. The van der Waals surface area contributed by atoms with E-state index in [1.54, 1.807) is 53.4 Å². The van der Waals surface area contributed by atoms with Crippen molar-refractivity contribution in [2.75, 3.05) is 18.6 Å². The number of amides is 2. The fraction of sp³-hybridized carbons (Fsp3) is 0.160. The van der Waals surface area contributed by atoms with Gasteiger partial charge in [-0.05, 0) is 42.0 Å². The smallest absolute Gasteiger partial charge is 0.248 e. The molecule has 0 aromatic heterocycles. The highest BCUT2D eigenvalue weighted by molar-refractivity contribution is 5.99. The van der Waals surface area contributed by atoms with Crippen LogP contribution in [-0.2, 0) is 4.79 Å². The van der Waals surface area contributed by atoms with Gasteiger partial charge in [-0.2, -0.15) is 0 Å². The lowest BCUT2D eigenvalue weighted by atomic mass is 9.97. The number of carbonyl (C=O) groups is 2. The number of carbonyl (C=O) groups excluding carboxylic acids is 2. The molecular weight excluding hydrogens is 425 g/mol. The number of para-hydroxylation sites is 1. The molecule has 1 saturated heterocycles. The Bertz CT molecular complexity index is 1280. The van der Waals surface area contributed by atoms with Gasteiger partial charge in [0.05, 0.1) is 13.7 Å². The second kappa shape index (κ2) is 9.01. The van der Waals surface area contributed by atoms with Crippen molar-refractivity contribution in [2.45, 2.75) is 12.3 Å². The lowest BCUT2D eigenvalue weighted by Crippen LogP contribution is -2.24. The minimum Gasteiger partial charge on any atom is -0.493 e. The van der Waals surface area contributed by atoms with E-state index in [2.05, 4.69) is 4.85 Å². The summed E-state index contributed by atoms with van der Waals surface area (Å²) >= 11 is 0. The number of rotatable bonds is 6. The first-order valence-corrected chi connectivity index (χ1v) is 10.1. The molecule has 166 valence electrons. The number of hydrogen-bond donors (Lipinski definition) is 1. The maximum atomic E-state index is 14.4. The highest BCUT2D eigenvalue weighted by Gasteiger charge is 2.32. The number of hydrogen-bond acceptors (Lipinski definition) is 4. The van der Waals surface area contributed by atoms with Crippen LogP contribution in [0.5, 0.6) is 17.2 Å². The first-order valence-electron chi connectivity index (χ1n) is 10.1. The van der Waals surface area contributed by atoms with Crippen LogP contribution in [0.4, 0.5) is 15.8 Å². The van der Waals surface area contributed by atoms with Crippen LogP contribution < -0.4 is 20.1 Å². The molecule has 0 radical (unpaired) electrons. The maximum absolute atomic E-state index is 14.4. The minimum atomic E-state index is -0.618. The Hall–Kier alpha value is -4.38. The summed E-state index contributed by atoms with van der Waals surface area (Å²) in [5.41, 5.74) is 7.24. The molecule has 1 fully saturated rings. The van der Waals surface area contributed by atoms with Crippen LogP contribution in [0, 0.1) is 12.4 Å². The van der Waals surface area contributed by atoms with Crippen LogP contribution in [0.3, 0.4) is 0 Å². The van der Waals surface area contributed by atoms with E-state index in [0.29, 0.717) is 17.8 Å². The van der Waals surface area contributed by atoms with Crippen LogP contribution >= 0.6 is 0 Å². The van der Waals surface area contributed by atoms with Gasteiger partial charge in [-0.15, -0.1) is 0 Å². The van der Waals surface area contributed by atoms with E-state index in [1.807, 2.05) is 0 Å². The number of methoxy groups -OCH3 is 1. The molecular formula is C25H20FN3O4. The highest BCUT2D eigenvalue weighted by atomic mass is 19.1. The summed E-state index contributed by atoms with van der Waals surface area (Å²) in [6.45, 7) is 7.81. The molecule has 0 aliphatic carbocycles. The molecule has 1 aliphatic rings. The summed E-state index contributed by atoms with van der Waals surface area (Å²) in [5, 5.41) is 0. The van der Waals surface area contributed by atoms with Gasteiger partial charge in [-0.3, -0.25) is 9.59 Å². The van der Waals surface area contributed by atoms with E-state index in [-0.39, 0.29) is 41.2 Å². The molecule has 0 bridgehead atoms. The number of anilines is 1. The summed E-state index contributed by atoms with van der Waals surface area (Å²) < 4.78 is 25.3. The number of nitrogens with zero attached hydrogens (tertiary/aromatic N) is 2. The number of benzene rings is 3. The van der Waals surface area contributed by atoms with Crippen molar-refractivity contribution in [1.82, 2.24) is 0 Å². The average molecular weight is 445 g/mol. The quantitative estimate of drug-likeness (QED) is 0.553. The Morgan fingerprint density at radius 3 is 2.67 bits per heavy atom. The Morgan fingerprint density at radius 2 is 1.94 bits per heavy atom. The van der Waals surface area contributed by atoms with Crippen molar-refractivity contribution in [3.8, 4) is 17.2 Å². The van der Waals surface area contributed by atoms with Crippen LogP contribution in [0.25, 0.3) is 4.85 Å². The van der Waals surface area contributed by atoms with Gasteiger partial charge in [-0.25, -0.2) is 9.24 Å². The molecule has 1 aliphatic heterocycles. The SMILES string of the molecule is [C-]#[N+]c1ccc([C@H]2CC(=O)N(c3cccc(C(N)=O)c3)C2)cc1Oc1c(F)cccc1OC. The van der Waals surface area contributed by atoms with Crippen molar-refractivity contribution >= 4 is 23.2 Å². The first-order chi connectivity index (χ1) is 15.9. The summed E-state index contributed by atoms with van der Waals surface area (Å²) in [7, 11) is 1.40. The molecule has 2 N–H and O–H groups in total. The highest BCUT2D eigenvalue weighted by Crippen LogP contribution is 2.41. The van der Waals surface area contributed by atoms with Crippen LogP contribution in [-0.4, -0.2) is 25.5 Å². The Kier molecular flexibility index (Phi) is 5.96. The number of primary amides is 1. The molecule has 3 aromatic carbocycles. The average Bonchev–Trinajstić information content (AvgIpc) is 3.22. The zero-order chi connectivity index (χ0) is 23.5. The zero-order valence-corrected chi connectivity index (χ0v) is 17.7. The van der Waals surface area contributed by atoms with Gasteiger partial charge in [0.2, 0.25) is 23.3 Å². The van der Waals surface area contributed by atoms with E-state index in [1.165, 1.54) is 19.2 Å². The fourth-order valence-electron chi connectivity index (χ4n) is 3.83. The Labute approximate surface area is 190 Å². The van der Waals surface area contributed by atoms with E-state index in [9.17, 15) is 14.0 Å². The first kappa shape index (κ1) is 21.8. The molecule has 3 aromatic rings. The van der Waals surface area contributed by atoms with Crippen LogP contribution in [0.15, 0.2) is 60.7 Å². The topological polar surface area (TPSA) is 86.2 Å². The molecule has 0 spiro atoms. The standard InChI is InChI=1S/C25H20FN3O4/c1-28-20-10-9-15(12-22(20)33-24-19(26)7-4-8-21(24)32-2)17-13-23(30)29(14-17)18-6-3-5-16(11-18)25(27)31/h3-12,17H,13-14H2,2H3,(H2,27,31)/t17-/m0/s1. The molecule has 8 heteroatoms. The summed E-state index contributed by atoms with van der Waals surface area (Å²) in [4.78, 5) is 29.3. The monoisotopic (exact) mass is 445 g/mol. The third-order valence-corrected chi connectivity index (χ3v) is 5.51. The van der Waals surface area contributed by atoms with Crippen LogP contribution in [0.2, 0.25) is 0 Å². The Morgan fingerprint density at radius 1 is 1.15 bits per heavy atom. The van der Waals surface area contributed by atoms with Gasteiger partial charge in [-0.1, -0.05) is 24.3 Å². The molecule has 1 heterocycles. The van der Waals surface area contributed by atoms with Crippen molar-refractivity contribution in [3.05, 3.63) is 89.0 Å². The molecule has 2 amide bonds. The normalized spacial score (nSPS) is 15.2. The summed E-state index contributed by atoms with van der Waals surface area (Å²) in [5.74, 6) is -1.21. The van der Waals surface area contributed by atoms with Gasteiger partial charge in [0.1, 0.15) is 5.75 Å². The molecule has 4 rings (SSSR count). The molecule has 1 atom stereocenters. The predicted octanol–water partition coefficient (Wildman–Crippen LogP) is 4.80. The van der Waals surface area contributed by atoms with E-state index in [4.69, 9.17) is 21.8 Å². The lowest BCUT2D eigenvalue weighted by Gasteiger charge is -2.18. The van der Waals surface area contributed by atoms with E-state index in [0.717, 1.165) is 5.56 Å². The van der Waals surface area contributed by atoms with Gasteiger partial charge in [0.15, 0.2) is 11.6 Å². The van der Waals surface area contributed by atoms with E-state index >= 15 is 0 Å². The van der Waals surface area contributed by atoms with Gasteiger partial charge >= 0.3 is 0 Å². The fourth-order valence-corrected chi connectivity index (χ4v) is 3.83.